The lowest BCUT2D eigenvalue weighted by atomic mass is 9.68. The van der Waals surface area contributed by atoms with Crippen LogP contribution in [0.3, 0.4) is 0 Å². The van der Waals surface area contributed by atoms with Crippen LogP contribution in [0.4, 0.5) is 5.69 Å². The van der Waals surface area contributed by atoms with Gasteiger partial charge in [-0.2, -0.15) is 0 Å². The van der Waals surface area contributed by atoms with Gasteiger partial charge in [-0.15, -0.1) is 11.8 Å². The first kappa shape index (κ1) is 24.0. The monoisotopic (exact) mass is 441 g/mol. The fourth-order valence-electron chi connectivity index (χ4n) is 4.81. The van der Waals surface area contributed by atoms with Crippen LogP contribution in [0.2, 0.25) is 0 Å². The Balaban J connectivity index is 2.14. The number of benzene rings is 2. The van der Waals surface area contributed by atoms with Crippen molar-refractivity contribution in [3.63, 3.8) is 0 Å². The Morgan fingerprint density at radius 3 is 2.23 bits per heavy atom. The number of hydrogen-bond acceptors (Lipinski definition) is 4. The number of unbranched alkanes of at least 4 members (excludes halogenated alkanes) is 2. The molecule has 2 aromatic carbocycles. The van der Waals surface area contributed by atoms with Gasteiger partial charge in [-0.3, -0.25) is 0 Å². The zero-order valence-corrected chi connectivity index (χ0v) is 20.7. The number of thioether (sulfide) groups is 1. The van der Waals surface area contributed by atoms with Crippen molar-refractivity contribution < 1.29 is 9.84 Å². The average Bonchev–Trinajstić information content (AvgIpc) is 2.90. The molecule has 4 heteroatoms. The van der Waals surface area contributed by atoms with E-state index in [9.17, 15) is 5.11 Å². The van der Waals surface area contributed by atoms with Gasteiger partial charge in [0.05, 0.1) is 13.2 Å². The molecule has 1 heterocycles. The molecule has 1 aliphatic heterocycles. The van der Waals surface area contributed by atoms with E-state index in [1.807, 2.05) is 23.9 Å². The van der Waals surface area contributed by atoms with Gasteiger partial charge in [0.25, 0.3) is 0 Å². The van der Waals surface area contributed by atoms with Gasteiger partial charge in [-0.05, 0) is 54.3 Å². The van der Waals surface area contributed by atoms with E-state index in [0.717, 1.165) is 50.0 Å². The maximum Gasteiger partial charge on any atom is 0.118 e. The molecular weight excluding hydrogens is 402 g/mol. The van der Waals surface area contributed by atoms with Crippen LogP contribution in [0.5, 0.6) is 5.75 Å². The largest absolute Gasteiger partial charge is 0.497 e. The molecule has 0 radical (unpaired) electrons. The second-order valence-corrected chi connectivity index (χ2v) is 10.2. The highest BCUT2D eigenvalue weighted by Gasteiger charge is 2.45. The second kappa shape index (κ2) is 10.8. The summed E-state index contributed by atoms with van der Waals surface area (Å²) in [6.07, 6.45) is 6.40. The second-order valence-electron chi connectivity index (χ2n) is 9.17. The lowest BCUT2D eigenvalue weighted by molar-refractivity contribution is 0.0135. The van der Waals surface area contributed by atoms with Crippen LogP contribution in [-0.4, -0.2) is 38.2 Å². The number of anilines is 1. The first-order valence-corrected chi connectivity index (χ1v) is 12.7. The van der Waals surface area contributed by atoms with Crippen molar-refractivity contribution in [2.24, 2.45) is 5.41 Å². The summed E-state index contributed by atoms with van der Waals surface area (Å²) in [5.74, 6) is 1.80. The predicted octanol–water partition coefficient (Wildman–Crippen LogP) is 6.73. The van der Waals surface area contributed by atoms with Gasteiger partial charge in [0.1, 0.15) is 5.75 Å². The number of aliphatic hydroxyl groups excluding tert-OH is 1. The number of aliphatic hydroxyl groups is 1. The Morgan fingerprint density at radius 1 is 1.03 bits per heavy atom. The molecule has 0 bridgehead atoms. The van der Waals surface area contributed by atoms with Crippen LogP contribution >= 0.6 is 11.8 Å². The van der Waals surface area contributed by atoms with Crippen molar-refractivity contribution in [3.8, 4) is 5.75 Å². The van der Waals surface area contributed by atoms with Gasteiger partial charge >= 0.3 is 0 Å². The van der Waals surface area contributed by atoms with Crippen LogP contribution in [0.25, 0.3) is 0 Å². The first-order chi connectivity index (χ1) is 15.0. The summed E-state index contributed by atoms with van der Waals surface area (Å²) in [5, 5.41) is 12.1. The maximum absolute atomic E-state index is 12.1. The standard InChI is InChI=1S/C27H39NO2S/c1-6-8-16-27(17-9-7-2)19-31-24-15-12-21(28(3)4)18-23(24)25(26(27)29)20-10-13-22(30-5)14-11-20/h10-15,18,25-26,29H,6-9,16-17,19H2,1-5H3. The highest BCUT2D eigenvalue weighted by Crippen LogP contribution is 2.52. The molecule has 3 nitrogen and oxygen atoms in total. The predicted molar refractivity (Wildman–Crippen MR) is 134 cm³/mol. The van der Waals surface area contributed by atoms with Crippen molar-refractivity contribution >= 4 is 17.4 Å². The van der Waals surface area contributed by atoms with Crippen molar-refractivity contribution in [1.82, 2.24) is 0 Å². The van der Waals surface area contributed by atoms with Crippen molar-refractivity contribution in [1.29, 1.82) is 0 Å². The maximum atomic E-state index is 12.1. The summed E-state index contributed by atoms with van der Waals surface area (Å²) in [4.78, 5) is 3.45. The minimum absolute atomic E-state index is 0.0375. The van der Waals surface area contributed by atoms with Gasteiger partial charge in [0.2, 0.25) is 0 Å². The van der Waals surface area contributed by atoms with E-state index >= 15 is 0 Å². The third kappa shape index (κ3) is 5.23. The fourth-order valence-corrected chi connectivity index (χ4v) is 6.23. The average molecular weight is 442 g/mol. The summed E-state index contributed by atoms with van der Waals surface area (Å²) < 4.78 is 5.40. The van der Waals surface area contributed by atoms with Gasteiger partial charge in [-0.1, -0.05) is 51.7 Å². The Bertz CT molecular complexity index is 826. The molecule has 2 atom stereocenters. The topological polar surface area (TPSA) is 32.7 Å². The number of nitrogens with zero attached hydrogens (tertiary/aromatic N) is 1. The molecule has 2 unspecified atom stereocenters. The zero-order chi connectivity index (χ0) is 22.4. The molecule has 0 aliphatic carbocycles. The SMILES string of the molecule is CCCCC1(CCCC)CSc2ccc(N(C)C)cc2C(c2ccc(OC)cc2)C1O. The molecule has 170 valence electrons. The number of methoxy groups -OCH3 is 1. The molecule has 0 saturated heterocycles. The minimum Gasteiger partial charge on any atom is -0.497 e. The van der Waals surface area contributed by atoms with E-state index in [1.165, 1.54) is 21.7 Å². The molecular formula is C27H39NO2S. The lowest BCUT2D eigenvalue weighted by Gasteiger charge is -2.40. The molecule has 1 N–H and O–H groups in total. The minimum atomic E-state index is -0.412. The Labute approximate surface area is 193 Å². The van der Waals surface area contributed by atoms with Gasteiger partial charge in [-0.25, -0.2) is 0 Å². The summed E-state index contributed by atoms with van der Waals surface area (Å²) in [7, 11) is 5.86. The summed E-state index contributed by atoms with van der Waals surface area (Å²) in [6.45, 7) is 4.51. The van der Waals surface area contributed by atoms with Crippen molar-refractivity contribution in [2.75, 3.05) is 31.9 Å². The highest BCUT2D eigenvalue weighted by atomic mass is 32.2. The molecule has 0 saturated carbocycles. The molecule has 0 amide bonds. The van der Waals surface area contributed by atoms with E-state index in [1.54, 1.807) is 7.11 Å². The quantitative estimate of drug-likeness (QED) is 0.468. The lowest BCUT2D eigenvalue weighted by Crippen LogP contribution is -2.41. The third-order valence-corrected chi connectivity index (χ3v) is 8.24. The highest BCUT2D eigenvalue weighted by molar-refractivity contribution is 7.99. The first-order valence-electron chi connectivity index (χ1n) is 11.7. The summed E-state index contributed by atoms with van der Waals surface area (Å²) >= 11 is 1.94. The molecule has 31 heavy (non-hydrogen) atoms. The van der Waals surface area contributed by atoms with Gasteiger partial charge in [0.15, 0.2) is 0 Å². The molecule has 3 rings (SSSR count). The van der Waals surface area contributed by atoms with Crippen LogP contribution in [0, 0.1) is 5.41 Å². The van der Waals surface area contributed by atoms with E-state index < -0.39 is 6.10 Å². The zero-order valence-electron chi connectivity index (χ0n) is 19.9. The number of fused-ring (bicyclic) bond motifs is 1. The fraction of sp³-hybridized carbons (Fsp3) is 0.556. The summed E-state index contributed by atoms with van der Waals surface area (Å²) in [6, 6.07) is 15.1. The smallest absolute Gasteiger partial charge is 0.118 e. The molecule has 0 spiro atoms. The van der Waals surface area contributed by atoms with Gasteiger partial charge in [0, 0.05) is 41.8 Å². The molecule has 0 aromatic heterocycles. The van der Waals surface area contributed by atoms with Crippen molar-refractivity contribution in [2.45, 2.75) is 69.3 Å². The van der Waals surface area contributed by atoms with E-state index in [2.05, 4.69) is 63.2 Å². The van der Waals surface area contributed by atoms with E-state index in [-0.39, 0.29) is 11.3 Å². The normalized spacial score (nSPS) is 20.1. The van der Waals surface area contributed by atoms with E-state index in [4.69, 9.17) is 4.74 Å². The van der Waals surface area contributed by atoms with Crippen LogP contribution in [0.1, 0.15) is 69.4 Å². The van der Waals surface area contributed by atoms with Crippen LogP contribution < -0.4 is 9.64 Å². The molecule has 1 aliphatic rings. The van der Waals surface area contributed by atoms with E-state index in [0.29, 0.717) is 0 Å². The number of ether oxygens (including phenoxy) is 1. The van der Waals surface area contributed by atoms with Crippen molar-refractivity contribution in [3.05, 3.63) is 53.6 Å². The van der Waals surface area contributed by atoms with Crippen LogP contribution in [-0.2, 0) is 0 Å². The molecule has 2 aromatic rings. The summed E-state index contributed by atoms with van der Waals surface area (Å²) in [5.41, 5.74) is 3.53. The Hall–Kier alpha value is -1.65. The number of hydrogen-bond donors (Lipinski definition) is 1. The van der Waals surface area contributed by atoms with Crippen LogP contribution in [0.15, 0.2) is 47.4 Å². The Kier molecular flexibility index (Phi) is 8.35. The Morgan fingerprint density at radius 2 is 1.68 bits per heavy atom. The number of rotatable bonds is 9. The van der Waals surface area contributed by atoms with Gasteiger partial charge < -0.3 is 14.7 Å². The third-order valence-electron chi connectivity index (χ3n) is 6.83. The molecule has 0 fully saturated rings.